The van der Waals surface area contributed by atoms with Crippen LogP contribution in [0.3, 0.4) is 0 Å². The molecule has 0 aliphatic rings. The summed E-state index contributed by atoms with van der Waals surface area (Å²) in [7, 11) is 0. The molecule has 1 aromatic heterocycles. The number of hydrogen-bond acceptors (Lipinski definition) is 1. The van der Waals surface area contributed by atoms with Crippen molar-refractivity contribution in [3.05, 3.63) is 33.9 Å². The Kier molecular flexibility index (Phi) is 2.07. The Morgan fingerprint density at radius 3 is 2.79 bits per heavy atom. The molecule has 0 unspecified atom stereocenters. The summed E-state index contributed by atoms with van der Waals surface area (Å²) in [5, 5.41) is 9.83. The van der Waals surface area contributed by atoms with Crippen LogP contribution < -0.4 is 0 Å². The number of carbonyl (C=O) groups is 1. The van der Waals surface area contributed by atoms with Gasteiger partial charge in [0.25, 0.3) is 0 Å². The zero-order valence-electron chi connectivity index (χ0n) is 7.47. The number of hydrogen-bond donors (Lipinski definition) is 2. The molecule has 0 amide bonds. The normalized spacial score (nSPS) is 10.7. The number of aromatic amines is 1. The first-order valence-corrected chi connectivity index (χ1v) is 4.90. The van der Waals surface area contributed by atoms with Crippen molar-refractivity contribution in [1.82, 2.24) is 4.98 Å². The third-order valence-electron chi connectivity index (χ3n) is 2.19. The predicted molar refractivity (Wildman–Crippen MR) is 57.7 cm³/mol. The van der Waals surface area contributed by atoms with E-state index < -0.39 is 5.97 Å². The van der Waals surface area contributed by atoms with E-state index in [0.717, 1.165) is 16.5 Å². The summed E-state index contributed by atoms with van der Waals surface area (Å²) in [5.41, 5.74) is 2.10. The molecule has 0 fully saturated rings. The Balaban J connectivity index is 2.87. The van der Waals surface area contributed by atoms with Crippen molar-refractivity contribution in [2.24, 2.45) is 0 Å². The first kappa shape index (κ1) is 9.27. The number of carboxylic acids is 1. The van der Waals surface area contributed by atoms with Crippen LogP contribution >= 0.6 is 15.9 Å². The number of nitrogens with one attached hydrogen (secondary N) is 1. The number of carboxylic acid groups (broad SMARTS) is 1. The van der Waals surface area contributed by atoms with Gasteiger partial charge in [-0.25, -0.2) is 4.79 Å². The van der Waals surface area contributed by atoms with E-state index in [1.54, 1.807) is 0 Å². The van der Waals surface area contributed by atoms with E-state index in [4.69, 9.17) is 5.11 Å². The van der Waals surface area contributed by atoms with Gasteiger partial charge in [0.2, 0.25) is 0 Å². The van der Waals surface area contributed by atoms with Crippen molar-refractivity contribution in [3.8, 4) is 0 Å². The lowest BCUT2D eigenvalue weighted by atomic mass is 10.1. The van der Waals surface area contributed by atoms with E-state index in [0.29, 0.717) is 4.47 Å². The summed E-state index contributed by atoms with van der Waals surface area (Å²) < 4.78 is 0.623. The van der Waals surface area contributed by atoms with E-state index in [1.807, 2.05) is 25.1 Å². The first-order chi connectivity index (χ1) is 6.61. The molecule has 0 spiro atoms. The number of fused-ring (bicyclic) bond motifs is 1. The highest BCUT2D eigenvalue weighted by molar-refractivity contribution is 9.10. The molecule has 0 bridgehead atoms. The van der Waals surface area contributed by atoms with Crippen molar-refractivity contribution < 1.29 is 9.90 Å². The predicted octanol–water partition coefficient (Wildman–Crippen LogP) is 2.94. The average molecular weight is 254 g/mol. The first-order valence-electron chi connectivity index (χ1n) is 4.11. The molecule has 0 saturated heterocycles. The van der Waals surface area contributed by atoms with Gasteiger partial charge in [-0.2, -0.15) is 0 Å². The lowest BCUT2D eigenvalue weighted by molar-refractivity contribution is 0.0690. The minimum atomic E-state index is -0.951. The monoisotopic (exact) mass is 253 g/mol. The van der Waals surface area contributed by atoms with Crippen molar-refractivity contribution in [3.63, 3.8) is 0 Å². The van der Waals surface area contributed by atoms with E-state index >= 15 is 0 Å². The molecule has 4 heteroatoms. The fourth-order valence-electron chi connectivity index (χ4n) is 1.53. The Bertz CT molecular complexity index is 516. The highest BCUT2D eigenvalue weighted by Gasteiger charge is 2.15. The molecule has 0 saturated carbocycles. The van der Waals surface area contributed by atoms with Gasteiger partial charge in [0, 0.05) is 10.9 Å². The second-order valence-corrected chi connectivity index (χ2v) is 3.91. The number of aromatic nitrogens is 1. The second kappa shape index (κ2) is 3.13. The fourth-order valence-corrected chi connectivity index (χ4v) is 2.32. The highest BCUT2D eigenvalue weighted by Crippen LogP contribution is 2.30. The largest absolute Gasteiger partial charge is 0.477 e. The van der Waals surface area contributed by atoms with Gasteiger partial charge in [-0.1, -0.05) is 12.1 Å². The summed E-state index contributed by atoms with van der Waals surface area (Å²) in [5.74, 6) is -0.951. The Morgan fingerprint density at radius 1 is 1.50 bits per heavy atom. The highest BCUT2D eigenvalue weighted by atomic mass is 79.9. The number of halogens is 1. The van der Waals surface area contributed by atoms with Crippen LogP contribution in [-0.2, 0) is 0 Å². The molecule has 1 heterocycles. The van der Waals surface area contributed by atoms with Crippen LogP contribution in [0, 0.1) is 6.92 Å². The van der Waals surface area contributed by atoms with Crippen LogP contribution in [-0.4, -0.2) is 16.1 Å². The zero-order valence-corrected chi connectivity index (χ0v) is 9.05. The van der Waals surface area contributed by atoms with Crippen LogP contribution in [0.1, 0.15) is 16.1 Å². The quantitative estimate of drug-likeness (QED) is 0.821. The molecule has 3 nitrogen and oxygen atoms in total. The summed E-state index contributed by atoms with van der Waals surface area (Å²) >= 11 is 3.29. The molecule has 2 N–H and O–H groups in total. The number of aryl methyl sites for hydroxylation is 1. The van der Waals surface area contributed by atoms with Crippen molar-refractivity contribution in [2.75, 3.05) is 0 Å². The lowest BCUT2D eigenvalue weighted by Gasteiger charge is -1.94. The van der Waals surface area contributed by atoms with Crippen LogP contribution in [0.2, 0.25) is 0 Å². The summed E-state index contributed by atoms with van der Waals surface area (Å²) in [6, 6.07) is 5.71. The maximum Gasteiger partial charge on any atom is 0.353 e. The third kappa shape index (κ3) is 1.23. The standard InChI is InChI=1S/C10H8BrNO2/c1-5-3-2-4-6-7(5)8(11)9(12-6)10(13)14/h2-4,12H,1H3,(H,13,14). The number of rotatable bonds is 1. The molecule has 2 rings (SSSR count). The van der Waals surface area contributed by atoms with Gasteiger partial charge in [0.15, 0.2) is 0 Å². The van der Waals surface area contributed by atoms with E-state index in [1.165, 1.54) is 0 Å². The fraction of sp³-hybridized carbons (Fsp3) is 0.100. The van der Waals surface area contributed by atoms with Crippen LogP contribution in [0.15, 0.2) is 22.7 Å². The van der Waals surface area contributed by atoms with Gasteiger partial charge in [-0.15, -0.1) is 0 Å². The summed E-state index contributed by atoms with van der Waals surface area (Å²) in [6.07, 6.45) is 0. The minimum Gasteiger partial charge on any atom is -0.477 e. The van der Waals surface area contributed by atoms with E-state index in [9.17, 15) is 4.79 Å². The maximum atomic E-state index is 10.8. The number of H-pyrrole nitrogens is 1. The third-order valence-corrected chi connectivity index (χ3v) is 2.98. The molecule has 0 aliphatic carbocycles. The van der Waals surface area contributed by atoms with Gasteiger partial charge in [-0.3, -0.25) is 0 Å². The SMILES string of the molecule is Cc1cccc2[nH]c(C(=O)O)c(Br)c12. The van der Waals surface area contributed by atoms with E-state index in [-0.39, 0.29) is 5.69 Å². The molecule has 72 valence electrons. The van der Waals surface area contributed by atoms with Crippen LogP contribution in [0.25, 0.3) is 10.9 Å². The van der Waals surface area contributed by atoms with Gasteiger partial charge in [-0.05, 0) is 34.5 Å². The summed E-state index contributed by atoms with van der Waals surface area (Å²) in [4.78, 5) is 13.7. The molecular weight excluding hydrogens is 246 g/mol. The number of benzene rings is 1. The van der Waals surface area contributed by atoms with Gasteiger partial charge < -0.3 is 10.1 Å². The van der Waals surface area contributed by atoms with Gasteiger partial charge in [0.05, 0.1) is 4.47 Å². The number of aromatic carboxylic acids is 1. The van der Waals surface area contributed by atoms with Crippen LogP contribution in [0.5, 0.6) is 0 Å². The van der Waals surface area contributed by atoms with Crippen LogP contribution in [0.4, 0.5) is 0 Å². The zero-order chi connectivity index (χ0) is 10.3. The van der Waals surface area contributed by atoms with E-state index in [2.05, 4.69) is 20.9 Å². The second-order valence-electron chi connectivity index (χ2n) is 3.12. The lowest BCUT2D eigenvalue weighted by Crippen LogP contribution is -1.96. The minimum absolute atomic E-state index is 0.203. The molecule has 0 atom stereocenters. The van der Waals surface area contributed by atoms with Crippen molar-refractivity contribution in [1.29, 1.82) is 0 Å². The maximum absolute atomic E-state index is 10.8. The smallest absolute Gasteiger partial charge is 0.353 e. The molecular formula is C10H8BrNO2. The Hall–Kier alpha value is -1.29. The molecule has 14 heavy (non-hydrogen) atoms. The Labute approximate surface area is 88.9 Å². The Morgan fingerprint density at radius 2 is 2.21 bits per heavy atom. The van der Waals surface area contributed by atoms with Gasteiger partial charge >= 0.3 is 5.97 Å². The topological polar surface area (TPSA) is 53.1 Å². The molecule has 0 aliphatic heterocycles. The average Bonchev–Trinajstić information content (AvgIpc) is 2.45. The van der Waals surface area contributed by atoms with Crippen molar-refractivity contribution in [2.45, 2.75) is 6.92 Å². The molecule has 0 radical (unpaired) electrons. The van der Waals surface area contributed by atoms with Gasteiger partial charge in [0.1, 0.15) is 5.69 Å². The van der Waals surface area contributed by atoms with Crippen molar-refractivity contribution >= 4 is 32.8 Å². The summed E-state index contributed by atoms with van der Waals surface area (Å²) in [6.45, 7) is 1.95. The molecule has 1 aromatic carbocycles. The molecule has 2 aromatic rings.